The Kier molecular flexibility index (Phi) is 4.85. The summed E-state index contributed by atoms with van der Waals surface area (Å²) >= 11 is 0. The Labute approximate surface area is 94.9 Å². The molecule has 0 aromatic heterocycles. The van der Waals surface area contributed by atoms with E-state index in [0.29, 0.717) is 0 Å². The van der Waals surface area contributed by atoms with Crippen LogP contribution >= 0.6 is 0 Å². The van der Waals surface area contributed by atoms with Crippen LogP contribution in [-0.4, -0.2) is 23.9 Å². The van der Waals surface area contributed by atoms with Gasteiger partial charge in [-0.25, -0.2) is 0 Å². The minimum absolute atomic E-state index is 0. The first-order chi connectivity index (χ1) is 5.49. The van der Waals surface area contributed by atoms with Crippen molar-refractivity contribution in [2.45, 2.75) is 51.6 Å². The molecule has 0 N–H and O–H groups in total. The average molecular weight is 365 g/mol. The third-order valence-corrected chi connectivity index (χ3v) is 2.73. The van der Waals surface area contributed by atoms with Crippen molar-refractivity contribution in [2.24, 2.45) is 0 Å². The van der Waals surface area contributed by atoms with Crippen LogP contribution in [0.1, 0.15) is 27.7 Å². The molecule has 1 saturated heterocycles. The Hall–Kier alpha value is 0.348. The van der Waals surface area contributed by atoms with E-state index in [0.717, 1.165) is 0 Å². The quantitative estimate of drug-likeness (QED) is 0.663. The van der Waals surface area contributed by atoms with Gasteiger partial charge in [-0.15, -0.1) is 6.58 Å². The molecular formula is C10H18O2Pt. The summed E-state index contributed by atoms with van der Waals surface area (Å²) in [7, 11) is 0. The Morgan fingerprint density at radius 2 is 1.77 bits per heavy atom. The zero-order chi connectivity index (χ0) is 9.35. The van der Waals surface area contributed by atoms with Crippen LogP contribution in [0.5, 0.6) is 0 Å². The summed E-state index contributed by atoms with van der Waals surface area (Å²) in [6.07, 6.45) is 2.22. The van der Waals surface area contributed by atoms with Crippen LogP contribution in [0.15, 0.2) is 12.7 Å². The van der Waals surface area contributed by atoms with Crippen LogP contribution in [0.4, 0.5) is 0 Å². The largest absolute Gasteiger partial charge is 0.370 e. The molecule has 0 amide bonds. The molecule has 0 radical (unpaired) electrons. The van der Waals surface area contributed by atoms with Gasteiger partial charge < -0.3 is 9.47 Å². The van der Waals surface area contributed by atoms with E-state index in [4.69, 9.17) is 9.47 Å². The van der Waals surface area contributed by atoms with Gasteiger partial charge in [0.2, 0.25) is 0 Å². The monoisotopic (exact) mass is 365 g/mol. The van der Waals surface area contributed by atoms with Gasteiger partial charge in [0.15, 0.2) is 0 Å². The van der Waals surface area contributed by atoms with Crippen molar-refractivity contribution in [3.05, 3.63) is 12.7 Å². The Bertz CT molecular complexity index is 184. The fourth-order valence-corrected chi connectivity index (χ4v) is 1.37. The van der Waals surface area contributed by atoms with E-state index in [2.05, 4.69) is 6.58 Å². The van der Waals surface area contributed by atoms with Crippen LogP contribution in [0.3, 0.4) is 0 Å². The third kappa shape index (κ3) is 2.65. The zero-order valence-corrected chi connectivity index (χ0v) is 10.9. The summed E-state index contributed by atoms with van der Waals surface area (Å²) in [5, 5.41) is 0. The standard InChI is InChI=1S/C10H18O2.Pt/c1-6-10(5)9(4)11-7(2)8(3)12-10;/h6-9H,1H2,2-5H3;. The van der Waals surface area contributed by atoms with E-state index in [1.54, 1.807) is 0 Å². The Morgan fingerprint density at radius 3 is 2.23 bits per heavy atom. The molecule has 0 aromatic rings. The minimum Gasteiger partial charge on any atom is -0.370 e. The van der Waals surface area contributed by atoms with E-state index in [1.165, 1.54) is 0 Å². The maximum absolute atomic E-state index is 5.80. The van der Waals surface area contributed by atoms with Gasteiger partial charge in [0.1, 0.15) is 5.60 Å². The van der Waals surface area contributed by atoms with E-state index >= 15 is 0 Å². The van der Waals surface area contributed by atoms with Crippen molar-refractivity contribution in [2.75, 3.05) is 0 Å². The van der Waals surface area contributed by atoms with Gasteiger partial charge >= 0.3 is 0 Å². The van der Waals surface area contributed by atoms with Crippen LogP contribution in [0.25, 0.3) is 0 Å². The summed E-state index contributed by atoms with van der Waals surface area (Å²) in [5.41, 5.74) is -0.327. The van der Waals surface area contributed by atoms with Crippen molar-refractivity contribution >= 4 is 0 Å². The molecule has 1 rings (SSSR count). The molecule has 1 fully saturated rings. The number of rotatable bonds is 1. The molecule has 4 atom stereocenters. The SMILES string of the molecule is C=CC1(C)OC(C)C(C)OC1C.[Pt]. The molecule has 1 heterocycles. The minimum atomic E-state index is -0.327. The maximum Gasteiger partial charge on any atom is 0.109 e. The van der Waals surface area contributed by atoms with E-state index in [1.807, 2.05) is 33.8 Å². The van der Waals surface area contributed by atoms with Crippen molar-refractivity contribution in [1.29, 1.82) is 0 Å². The van der Waals surface area contributed by atoms with Crippen molar-refractivity contribution in [3.8, 4) is 0 Å². The fourth-order valence-electron chi connectivity index (χ4n) is 1.37. The topological polar surface area (TPSA) is 18.5 Å². The molecule has 0 bridgehead atoms. The molecular weight excluding hydrogens is 347 g/mol. The Balaban J connectivity index is 0.00000144. The number of ether oxygens (including phenoxy) is 2. The predicted molar refractivity (Wildman–Crippen MR) is 49.2 cm³/mol. The first-order valence-electron chi connectivity index (χ1n) is 4.46. The van der Waals surface area contributed by atoms with Gasteiger partial charge in [-0.3, -0.25) is 0 Å². The second-order valence-corrected chi connectivity index (χ2v) is 3.69. The molecule has 4 unspecified atom stereocenters. The van der Waals surface area contributed by atoms with Crippen LogP contribution in [0.2, 0.25) is 0 Å². The fraction of sp³-hybridized carbons (Fsp3) is 0.800. The smallest absolute Gasteiger partial charge is 0.109 e. The van der Waals surface area contributed by atoms with Gasteiger partial charge in [-0.2, -0.15) is 0 Å². The second kappa shape index (κ2) is 4.72. The molecule has 1 aliphatic rings. The van der Waals surface area contributed by atoms with Crippen LogP contribution in [-0.2, 0) is 30.5 Å². The summed E-state index contributed by atoms with van der Waals surface area (Å²) in [4.78, 5) is 0. The normalized spacial score (nSPS) is 45.1. The van der Waals surface area contributed by atoms with E-state index in [9.17, 15) is 0 Å². The van der Waals surface area contributed by atoms with Gasteiger partial charge in [-0.1, -0.05) is 6.08 Å². The third-order valence-electron chi connectivity index (χ3n) is 2.73. The molecule has 3 heteroatoms. The molecule has 2 nitrogen and oxygen atoms in total. The summed E-state index contributed by atoms with van der Waals surface area (Å²) in [6.45, 7) is 11.8. The van der Waals surface area contributed by atoms with Crippen molar-refractivity contribution in [3.63, 3.8) is 0 Å². The zero-order valence-electron chi connectivity index (χ0n) is 8.65. The Morgan fingerprint density at radius 1 is 1.23 bits per heavy atom. The summed E-state index contributed by atoms with van der Waals surface area (Å²) in [6, 6.07) is 0. The van der Waals surface area contributed by atoms with Gasteiger partial charge in [0, 0.05) is 21.1 Å². The molecule has 0 aliphatic carbocycles. The van der Waals surface area contributed by atoms with Crippen LogP contribution < -0.4 is 0 Å². The average Bonchev–Trinajstić information content (AvgIpc) is 2.01. The predicted octanol–water partition coefficient (Wildman–Crippen LogP) is 2.14. The molecule has 13 heavy (non-hydrogen) atoms. The molecule has 1 aliphatic heterocycles. The van der Waals surface area contributed by atoms with Crippen molar-refractivity contribution < 1.29 is 30.5 Å². The summed E-state index contributed by atoms with van der Waals surface area (Å²) in [5.74, 6) is 0. The second-order valence-electron chi connectivity index (χ2n) is 3.69. The van der Waals surface area contributed by atoms with Gasteiger partial charge in [-0.05, 0) is 27.7 Å². The van der Waals surface area contributed by atoms with Gasteiger partial charge in [0.25, 0.3) is 0 Å². The van der Waals surface area contributed by atoms with Crippen molar-refractivity contribution in [1.82, 2.24) is 0 Å². The number of hydrogen-bond donors (Lipinski definition) is 0. The maximum atomic E-state index is 5.80. The first kappa shape index (κ1) is 13.3. The number of hydrogen-bond acceptors (Lipinski definition) is 2. The molecule has 0 spiro atoms. The molecule has 0 saturated carbocycles. The van der Waals surface area contributed by atoms with E-state index < -0.39 is 0 Å². The van der Waals surface area contributed by atoms with Crippen LogP contribution in [0, 0.1) is 0 Å². The molecule has 0 aromatic carbocycles. The molecule has 80 valence electrons. The summed E-state index contributed by atoms with van der Waals surface area (Å²) < 4.78 is 11.5. The van der Waals surface area contributed by atoms with Gasteiger partial charge in [0.05, 0.1) is 18.3 Å². The first-order valence-corrected chi connectivity index (χ1v) is 4.46. The van der Waals surface area contributed by atoms with E-state index in [-0.39, 0.29) is 45.0 Å².